The van der Waals surface area contributed by atoms with Gasteiger partial charge in [0.05, 0.1) is 18.6 Å². The van der Waals surface area contributed by atoms with Gasteiger partial charge in [-0.2, -0.15) is 0 Å². The van der Waals surface area contributed by atoms with E-state index in [4.69, 9.17) is 0 Å². The van der Waals surface area contributed by atoms with Crippen LogP contribution in [-0.2, 0) is 6.54 Å². The molecule has 4 heteroatoms. The number of hydrogen-bond acceptors (Lipinski definition) is 3. The number of imidazole rings is 1. The van der Waals surface area contributed by atoms with Gasteiger partial charge in [-0.15, -0.1) is 0 Å². The largest absolute Gasteiger partial charge is 0.394 e. The van der Waals surface area contributed by atoms with Gasteiger partial charge in [-0.05, 0) is 20.3 Å². The summed E-state index contributed by atoms with van der Waals surface area (Å²) >= 11 is 0. The van der Waals surface area contributed by atoms with Crippen LogP contribution in [0.1, 0.15) is 31.7 Å². The minimum atomic E-state index is -0.203. The lowest BCUT2D eigenvalue weighted by Gasteiger charge is -2.27. The Kier molecular flexibility index (Phi) is 3.66. The average Bonchev–Trinajstić information content (AvgIpc) is 2.61. The van der Waals surface area contributed by atoms with Gasteiger partial charge >= 0.3 is 0 Å². The third-order valence-electron chi connectivity index (χ3n) is 2.75. The Bertz CT molecular complexity index is 279. The topological polar surface area (TPSA) is 60.9 Å². The summed E-state index contributed by atoms with van der Waals surface area (Å²) in [6, 6.07) is 0. The molecule has 1 atom stereocenters. The van der Waals surface area contributed by atoms with E-state index in [1.165, 1.54) is 0 Å². The second-order valence-electron chi connectivity index (χ2n) is 3.90. The highest BCUT2D eigenvalue weighted by Gasteiger charge is 2.20. The maximum Gasteiger partial charge on any atom is 0.0925 e. The molecule has 14 heavy (non-hydrogen) atoms. The van der Waals surface area contributed by atoms with Crippen LogP contribution in [0.2, 0.25) is 0 Å². The van der Waals surface area contributed by atoms with E-state index in [-0.39, 0.29) is 12.1 Å². The maximum absolute atomic E-state index is 9.19. The summed E-state index contributed by atoms with van der Waals surface area (Å²) in [7, 11) is 0. The van der Waals surface area contributed by atoms with E-state index in [1.54, 1.807) is 6.33 Å². The van der Waals surface area contributed by atoms with E-state index >= 15 is 0 Å². The molecule has 0 saturated heterocycles. The van der Waals surface area contributed by atoms with Crippen molar-refractivity contribution in [2.45, 2.75) is 39.3 Å². The van der Waals surface area contributed by atoms with Crippen molar-refractivity contribution in [3.05, 3.63) is 17.7 Å². The lowest BCUT2D eigenvalue weighted by Crippen LogP contribution is -2.44. The number of aryl methyl sites for hydroxylation is 1. The number of hydrogen-bond donors (Lipinski definition) is 3. The SMILES string of the molecule is CCC(C)(CO)NCc1nc[nH]c1C. The Balaban J connectivity index is 2.52. The molecule has 1 heterocycles. The van der Waals surface area contributed by atoms with Crippen LogP contribution in [0.3, 0.4) is 0 Å². The Morgan fingerprint density at radius 1 is 1.64 bits per heavy atom. The molecule has 1 unspecified atom stereocenters. The Hall–Kier alpha value is -0.870. The van der Waals surface area contributed by atoms with Gasteiger partial charge in [0.25, 0.3) is 0 Å². The van der Waals surface area contributed by atoms with Gasteiger partial charge in [0.2, 0.25) is 0 Å². The molecule has 80 valence electrons. The number of nitrogens with one attached hydrogen (secondary N) is 2. The number of nitrogens with zero attached hydrogens (tertiary/aromatic N) is 1. The van der Waals surface area contributed by atoms with Crippen molar-refractivity contribution < 1.29 is 5.11 Å². The van der Waals surface area contributed by atoms with Crippen molar-refractivity contribution in [1.82, 2.24) is 15.3 Å². The molecule has 0 saturated carbocycles. The highest BCUT2D eigenvalue weighted by atomic mass is 16.3. The van der Waals surface area contributed by atoms with E-state index in [2.05, 4.69) is 22.2 Å². The molecule has 0 fully saturated rings. The summed E-state index contributed by atoms with van der Waals surface area (Å²) in [5, 5.41) is 12.5. The molecule has 0 radical (unpaired) electrons. The first-order chi connectivity index (χ1) is 6.61. The van der Waals surface area contributed by atoms with Crippen molar-refractivity contribution >= 4 is 0 Å². The van der Waals surface area contributed by atoms with Crippen LogP contribution >= 0.6 is 0 Å². The average molecular weight is 197 g/mol. The second kappa shape index (κ2) is 4.57. The van der Waals surface area contributed by atoms with Crippen LogP contribution < -0.4 is 5.32 Å². The van der Waals surface area contributed by atoms with Crippen LogP contribution in [0.5, 0.6) is 0 Å². The molecule has 4 nitrogen and oxygen atoms in total. The highest BCUT2D eigenvalue weighted by Crippen LogP contribution is 2.09. The lowest BCUT2D eigenvalue weighted by molar-refractivity contribution is 0.168. The summed E-state index contributed by atoms with van der Waals surface area (Å²) < 4.78 is 0. The third kappa shape index (κ3) is 2.56. The van der Waals surface area contributed by atoms with Crippen LogP contribution in [0.4, 0.5) is 0 Å². The first-order valence-corrected chi connectivity index (χ1v) is 4.96. The molecule has 0 spiro atoms. The molecular weight excluding hydrogens is 178 g/mol. The predicted molar refractivity (Wildman–Crippen MR) is 55.9 cm³/mol. The van der Waals surface area contributed by atoms with Gasteiger partial charge in [0, 0.05) is 17.8 Å². The monoisotopic (exact) mass is 197 g/mol. The number of aromatic nitrogens is 2. The number of H-pyrrole nitrogens is 1. The van der Waals surface area contributed by atoms with Gasteiger partial charge in [0.1, 0.15) is 0 Å². The quantitative estimate of drug-likeness (QED) is 0.659. The minimum absolute atomic E-state index is 0.146. The van der Waals surface area contributed by atoms with Crippen molar-refractivity contribution in [1.29, 1.82) is 0 Å². The van der Waals surface area contributed by atoms with Crippen molar-refractivity contribution in [3.8, 4) is 0 Å². The number of aliphatic hydroxyl groups is 1. The normalized spacial score (nSPS) is 15.4. The molecular formula is C10H19N3O. The molecule has 0 aromatic carbocycles. The zero-order chi connectivity index (χ0) is 10.6. The predicted octanol–water partition coefficient (Wildman–Crippen LogP) is 0.969. The molecule has 0 amide bonds. The fourth-order valence-electron chi connectivity index (χ4n) is 1.16. The van der Waals surface area contributed by atoms with Crippen molar-refractivity contribution in [2.24, 2.45) is 0 Å². The standard InChI is InChI=1S/C10H19N3O/c1-4-10(3,6-14)13-5-9-8(2)11-7-12-9/h7,13-14H,4-6H2,1-3H3,(H,11,12). The van der Waals surface area contributed by atoms with Gasteiger partial charge in [-0.3, -0.25) is 0 Å². The third-order valence-corrected chi connectivity index (χ3v) is 2.75. The van der Waals surface area contributed by atoms with E-state index in [1.807, 2.05) is 13.8 Å². The van der Waals surface area contributed by atoms with Gasteiger partial charge in [-0.25, -0.2) is 4.98 Å². The number of rotatable bonds is 5. The van der Waals surface area contributed by atoms with Crippen LogP contribution in [0.25, 0.3) is 0 Å². The maximum atomic E-state index is 9.19. The van der Waals surface area contributed by atoms with E-state index in [0.717, 1.165) is 17.8 Å². The molecule has 0 aliphatic heterocycles. The van der Waals surface area contributed by atoms with E-state index < -0.39 is 0 Å². The number of aromatic amines is 1. The smallest absolute Gasteiger partial charge is 0.0925 e. The van der Waals surface area contributed by atoms with Crippen LogP contribution in [0, 0.1) is 6.92 Å². The zero-order valence-corrected chi connectivity index (χ0v) is 9.09. The number of aliphatic hydroxyl groups excluding tert-OH is 1. The minimum Gasteiger partial charge on any atom is -0.394 e. The fourth-order valence-corrected chi connectivity index (χ4v) is 1.16. The van der Waals surface area contributed by atoms with Crippen LogP contribution in [0.15, 0.2) is 6.33 Å². The molecule has 1 aromatic heterocycles. The fraction of sp³-hybridized carbons (Fsp3) is 0.700. The molecule has 1 aromatic rings. The van der Waals surface area contributed by atoms with Gasteiger partial charge < -0.3 is 15.4 Å². The molecule has 0 aliphatic carbocycles. The first kappa shape index (κ1) is 11.2. The summed E-state index contributed by atoms with van der Waals surface area (Å²) in [6.45, 7) is 6.90. The Morgan fingerprint density at radius 2 is 2.36 bits per heavy atom. The summed E-state index contributed by atoms with van der Waals surface area (Å²) in [5.41, 5.74) is 1.89. The highest BCUT2D eigenvalue weighted by molar-refractivity contribution is 5.08. The van der Waals surface area contributed by atoms with Crippen molar-refractivity contribution in [2.75, 3.05) is 6.61 Å². The molecule has 0 aliphatic rings. The molecule has 3 N–H and O–H groups in total. The molecule has 1 rings (SSSR count). The summed E-state index contributed by atoms with van der Waals surface area (Å²) in [4.78, 5) is 7.22. The summed E-state index contributed by atoms with van der Waals surface area (Å²) in [6.07, 6.45) is 2.58. The Morgan fingerprint density at radius 3 is 2.79 bits per heavy atom. The molecule has 0 bridgehead atoms. The van der Waals surface area contributed by atoms with Gasteiger partial charge in [0.15, 0.2) is 0 Å². The zero-order valence-electron chi connectivity index (χ0n) is 9.09. The Labute approximate surface area is 84.8 Å². The first-order valence-electron chi connectivity index (χ1n) is 4.96. The summed E-state index contributed by atoms with van der Waals surface area (Å²) in [5.74, 6) is 0. The van der Waals surface area contributed by atoms with Gasteiger partial charge in [-0.1, -0.05) is 6.92 Å². The lowest BCUT2D eigenvalue weighted by atomic mass is 10.0. The van der Waals surface area contributed by atoms with E-state index in [9.17, 15) is 5.11 Å². The second-order valence-corrected chi connectivity index (χ2v) is 3.90. The van der Waals surface area contributed by atoms with Crippen LogP contribution in [-0.4, -0.2) is 27.2 Å². The van der Waals surface area contributed by atoms with E-state index in [0.29, 0.717) is 6.54 Å². The van der Waals surface area contributed by atoms with Crippen molar-refractivity contribution in [3.63, 3.8) is 0 Å².